The zero-order valence-electron chi connectivity index (χ0n) is 19.7. The minimum Gasteiger partial charge on any atom is -0.492 e. The van der Waals surface area contributed by atoms with Crippen molar-refractivity contribution in [3.05, 3.63) is 72.0 Å². The van der Waals surface area contributed by atoms with Crippen LogP contribution < -0.4 is 10.1 Å². The zero-order valence-corrected chi connectivity index (χ0v) is 20.6. The largest absolute Gasteiger partial charge is 0.492 e. The molecular formula is C27H29N3O4S. The van der Waals surface area contributed by atoms with Gasteiger partial charge in [0.05, 0.1) is 10.2 Å². The fourth-order valence-electron chi connectivity index (χ4n) is 4.18. The first-order valence-corrected chi connectivity index (χ1v) is 12.7. The molecule has 1 N–H and O–H groups in total. The van der Waals surface area contributed by atoms with E-state index in [2.05, 4.69) is 22.2 Å². The quantitative estimate of drug-likeness (QED) is 0.356. The molecule has 7 nitrogen and oxygen atoms in total. The number of carbonyl (C=O) groups excluding carboxylic acids is 1. The number of rotatable bonds is 9. The van der Waals surface area contributed by atoms with E-state index < -0.39 is 0 Å². The Morgan fingerprint density at radius 3 is 2.86 bits per heavy atom. The minimum atomic E-state index is -0.262. The van der Waals surface area contributed by atoms with Gasteiger partial charge in [0.25, 0.3) is 5.91 Å². The highest BCUT2D eigenvalue weighted by Gasteiger charge is 2.18. The SMILES string of the molecule is CN(CCOc1cccc(CNC(=O)c2ccc(-c3nc4ccccc4s3)o2)c1)C1CCOCC1. The summed E-state index contributed by atoms with van der Waals surface area (Å²) in [5.41, 5.74) is 1.89. The highest BCUT2D eigenvalue weighted by Crippen LogP contribution is 2.31. The number of ether oxygens (including phenoxy) is 2. The maximum Gasteiger partial charge on any atom is 0.287 e. The van der Waals surface area contributed by atoms with E-state index in [1.807, 2.05) is 48.5 Å². The molecule has 0 aliphatic carbocycles. The molecule has 5 rings (SSSR count). The number of amides is 1. The first kappa shape index (κ1) is 23.5. The Hall–Kier alpha value is -3.20. The van der Waals surface area contributed by atoms with Crippen LogP contribution in [0.2, 0.25) is 0 Å². The Labute approximate surface area is 208 Å². The molecule has 1 aliphatic heterocycles. The maximum atomic E-state index is 12.6. The number of fused-ring (bicyclic) bond motifs is 1. The van der Waals surface area contributed by atoms with Gasteiger partial charge in [-0.25, -0.2) is 4.98 Å². The van der Waals surface area contributed by atoms with Crippen molar-refractivity contribution in [2.45, 2.75) is 25.4 Å². The van der Waals surface area contributed by atoms with Crippen LogP contribution in [-0.2, 0) is 11.3 Å². The first-order chi connectivity index (χ1) is 17.2. The van der Waals surface area contributed by atoms with Gasteiger partial charge in [0.2, 0.25) is 0 Å². The van der Waals surface area contributed by atoms with Gasteiger partial charge in [-0.3, -0.25) is 9.69 Å². The third-order valence-electron chi connectivity index (χ3n) is 6.21. The van der Waals surface area contributed by atoms with Crippen molar-refractivity contribution in [3.8, 4) is 16.5 Å². The molecule has 1 saturated heterocycles. The summed E-state index contributed by atoms with van der Waals surface area (Å²) in [7, 11) is 2.14. The van der Waals surface area contributed by atoms with Crippen molar-refractivity contribution in [3.63, 3.8) is 0 Å². The fourth-order valence-corrected chi connectivity index (χ4v) is 5.11. The normalized spacial score (nSPS) is 14.5. The van der Waals surface area contributed by atoms with Crippen molar-refractivity contribution in [2.75, 3.05) is 33.4 Å². The molecule has 182 valence electrons. The summed E-state index contributed by atoms with van der Waals surface area (Å²) in [4.78, 5) is 19.6. The van der Waals surface area contributed by atoms with Crippen molar-refractivity contribution < 1.29 is 18.7 Å². The monoisotopic (exact) mass is 491 g/mol. The molecule has 0 radical (unpaired) electrons. The van der Waals surface area contributed by atoms with E-state index in [-0.39, 0.29) is 11.7 Å². The van der Waals surface area contributed by atoms with Crippen molar-refractivity contribution >= 4 is 27.5 Å². The molecule has 0 unspecified atom stereocenters. The summed E-state index contributed by atoms with van der Waals surface area (Å²) in [6.45, 7) is 3.54. The fraction of sp³-hybridized carbons (Fsp3) is 0.333. The number of aromatic nitrogens is 1. The number of likely N-dealkylation sites (N-methyl/N-ethyl adjacent to an activating group) is 1. The molecule has 1 amide bonds. The van der Waals surface area contributed by atoms with Crippen LogP contribution >= 0.6 is 11.3 Å². The number of hydrogen-bond donors (Lipinski definition) is 1. The van der Waals surface area contributed by atoms with Gasteiger partial charge in [0.1, 0.15) is 12.4 Å². The van der Waals surface area contributed by atoms with E-state index in [0.717, 1.165) is 59.1 Å². The standard InChI is InChI=1S/C27H29N3O4S/c1-30(20-11-14-32-15-12-20)13-16-33-21-6-4-5-19(17-21)18-28-26(31)23-9-10-24(34-23)27-29-22-7-2-3-8-25(22)35-27/h2-10,17,20H,11-16,18H2,1H3,(H,28,31). The van der Waals surface area contributed by atoms with Gasteiger partial charge in [0, 0.05) is 32.3 Å². The van der Waals surface area contributed by atoms with E-state index in [0.29, 0.717) is 25.0 Å². The highest BCUT2D eigenvalue weighted by atomic mass is 32.1. The molecule has 0 bridgehead atoms. The number of hydrogen-bond acceptors (Lipinski definition) is 7. The maximum absolute atomic E-state index is 12.6. The predicted octanol–water partition coefficient (Wildman–Crippen LogP) is 4.98. The van der Waals surface area contributed by atoms with Crippen LogP contribution in [0.15, 0.2) is 65.1 Å². The van der Waals surface area contributed by atoms with Crippen LogP contribution in [0.1, 0.15) is 29.0 Å². The molecule has 35 heavy (non-hydrogen) atoms. The van der Waals surface area contributed by atoms with Crippen molar-refractivity contribution in [1.29, 1.82) is 0 Å². The molecule has 3 heterocycles. The molecule has 1 aliphatic rings. The lowest BCUT2D eigenvalue weighted by Crippen LogP contribution is -2.38. The Morgan fingerprint density at radius 1 is 1.14 bits per heavy atom. The third kappa shape index (κ3) is 5.90. The number of para-hydroxylation sites is 1. The van der Waals surface area contributed by atoms with Crippen LogP contribution in [0.25, 0.3) is 21.0 Å². The van der Waals surface area contributed by atoms with Gasteiger partial charge < -0.3 is 19.2 Å². The second kappa shape index (κ2) is 11.0. The van der Waals surface area contributed by atoms with Crippen molar-refractivity contribution in [1.82, 2.24) is 15.2 Å². The van der Waals surface area contributed by atoms with Crippen molar-refractivity contribution in [2.24, 2.45) is 0 Å². The van der Waals surface area contributed by atoms with Crippen LogP contribution in [0.5, 0.6) is 5.75 Å². The van der Waals surface area contributed by atoms with Crippen LogP contribution in [0.3, 0.4) is 0 Å². The number of carbonyl (C=O) groups is 1. The Balaban J connectivity index is 1.12. The predicted molar refractivity (Wildman–Crippen MR) is 137 cm³/mol. The Morgan fingerprint density at radius 2 is 2.00 bits per heavy atom. The highest BCUT2D eigenvalue weighted by molar-refractivity contribution is 7.21. The summed E-state index contributed by atoms with van der Waals surface area (Å²) in [5.74, 6) is 1.40. The van der Waals surface area contributed by atoms with Crippen LogP contribution in [-0.4, -0.2) is 55.2 Å². The molecule has 4 aromatic rings. The lowest BCUT2D eigenvalue weighted by molar-refractivity contribution is 0.0392. The average Bonchev–Trinajstić information content (AvgIpc) is 3.55. The van der Waals surface area contributed by atoms with Gasteiger partial charge in [-0.05, 0) is 61.9 Å². The second-order valence-electron chi connectivity index (χ2n) is 8.65. The number of furan rings is 1. The minimum absolute atomic E-state index is 0.262. The van der Waals surface area contributed by atoms with Crippen LogP contribution in [0, 0.1) is 0 Å². The summed E-state index contributed by atoms with van der Waals surface area (Å²) >= 11 is 1.54. The van der Waals surface area contributed by atoms with Gasteiger partial charge >= 0.3 is 0 Å². The molecule has 8 heteroatoms. The second-order valence-corrected chi connectivity index (χ2v) is 9.68. The third-order valence-corrected chi connectivity index (χ3v) is 7.26. The zero-order chi connectivity index (χ0) is 24.0. The molecule has 1 fully saturated rings. The van der Waals surface area contributed by atoms with Gasteiger partial charge in [0.15, 0.2) is 16.5 Å². The van der Waals surface area contributed by atoms with Crippen LogP contribution in [0.4, 0.5) is 0 Å². The molecule has 0 saturated carbocycles. The number of nitrogens with one attached hydrogen (secondary N) is 1. The Kier molecular flexibility index (Phi) is 7.42. The molecule has 2 aromatic heterocycles. The lowest BCUT2D eigenvalue weighted by atomic mass is 10.1. The van der Waals surface area contributed by atoms with Gasteiger partial charge in [-0.2, -0.15) is 0 Å². The molecular weight excluding hydrogens is 462 g/mol. The molecule has 0 atom stereocenters. The van der Waals surface area contributed by atoms with E-state index in [9.17, 15) is 4.79 Å². The number of nitrogens with zero attached hydrogens (tertiary/aromatic N) is 2. The summed E-state index contributed by atoms with van der Waals surface area (Å²) < 4.78 is 18.3. The molecule has 2 aromatic carbocycles. The molecule has 0 spiro atoms. The smallest absolute Gasteiger partial charge is 0.287 e. The van der Waals surface area contributed by atoms with E-state index in [1.165, 1.54) is 0 Å². The number of benzene rings is 2. The number of thiazole rings is 1. The first-order valence-electron chi connectivity index (χ1n) is 11.9. The summed E-state index contributed by atoms with van der Waals surface area (Å²) in [6, 6.07) is 19.8. The topological polar surface area (TPSA) is 76.8 Å². The van der Waals surface area contributed by atoms with Gasteiger partial charge in [-0.1, -0.05) is 24.3 Å². The lowest BCUT2D eigenvalue weighted by Gasteiger charge is -2.31. The summed E-state index contributed by atoms with van der Waals surface area (Å²) in [6.07, 6.45) is 2.15. The Bertz CT molecular complexity index is 1250. The average molecular weight is 492 g/mol. The van der Waals surface area contributed by atoms with Gasteiger partial charge in [-0.15, -0.1) is 11.3 Å². The van der Waals surface area contributed by atoms with E-state index >= 15 is 0 Å². The van der Waals surface area contributed by atoms with E-state index in [1.54, 1.807) is 23.5 Å². The summed E-state index contributed by atoms with van der Waals surface area (Å²) in [5, 5.41) is 3.69. The van der Waals surface area contributed by atoms with E-state index in [4.69, 9.17) is 13.9 Å².